The SMILES string of the molecule is COCCOC[C@H]1CN(CC(C)(C)C)C(=O)c2c(O)c(=O)c(-c3nnc(Cc4ccc(F)cc4F)s3)cn21. The van der Waals surface area contributed by atoms with Gasteiger partial charge in [0.2, 0.25) is 5.43 Å². The highest BCUT2D eigenvalue weighted by Gasteiger charge is 2.36. The number of aromatic nitrogens is 3. The molecule has 3 heterocycles. The van der Waals surface area contributed by atoms with E-state index in [9.17, 15) is 23.5 Å². The topological polar surface area (TPSA) is 107 Å². The van der Waals surface area contributed by atoms with Crippen molar-refractivity contribution in [2.45, 2.75) is 33.2 Å². The van der Waals surface area contributed by atoms with Gasteiger partial charge in [-0.1, -0.05) is 38.2 Å². The van der Waals surface area contributed by atoms with E-state index in [0.29, 0.717) is 31.3 Å². The van der Waals surface area contributed by atoms with Crippen LogP contribution in [-0.2, 0) is 15.9 Å². The second-order valence-electron chi connectivity index (χ2n) is 10.4. The summed E-state index contributed by atoms with van der Waals surface area (Å²) in [5.41, 5.74) is -0.766. The van der Waals surface area contributed by atoms with Crippen molar-refractivity contribution in [3.8, 4) is 16.3 Å². The number of aromatic hydroxyl groups is 1. The zero-order chi connectivity index (χ0) is 27.6. The number of halogens is 2. The Morgan fingerprint density at radius 1 is 1.18 bits per heavy atom. The number of hydrogen-bond acceptors (Lipinski definition) is 8. The van der Waals surface area contributed by atoms with E-state index in [-0.39, 0.29) is 46.3 Å². The molecule has 1 N–H and O–H groups in total. The summed E-state index contributed by atoms with van der Waals surface area (Å²) in [6.07, 6.45) is 1.55. The number of benzene rings is 1. The van der Waals surface area contributed by atoms with Gasteiger partial charge in [-0.15, -0.1) is 10.2 Å². The predicted molar refractivity (Wildman–Crippen MR) is 138 cm³/mol. The lowest BCUT2D eigenvalue weighted by molar-refractivity contribution is 0.0296. The zero-order valence-corrected chi connectivity index (χ0v) is 22.5. The highest BCUT2D eigenvalue weighted by Crippen LogP contribution is 2.32. The fourth-order valence-electron chi connectivity index (χ4n) is 4.31. The lowest BCUT2D eigenvalue weighted by Crippen LogP contribution is -2.48. The van der Waals surface area contributed by atoms with Gasteiger partial charge in [-0.2, -0.15) is 0 Å². The molecule has 0 fully saturated rings. The molecule has 0 bridgehead atoms. The maximum atomic E-state index is 14.1. The number of nitrogens with zero attached hydrogens (tertiary/aromatic N) is 4. The number of rotatable bonds is 9. The van der Waals surface area contributed by atoms with Gasteiger partial charge in [-0.05, 0) is 17.0 Å². The van der Waals surface area contributed by atoms with Crippen molar-refractivity contribution in [2.24, 2.45) is 5.41 Å². The van der Waals surface area contributed by atoms with Gasteiger partial charge >= 0.3 is 0 Å². The van der Waals surface area contributed by atoms with E-state index in [1.165, 1.54) is 12.3 Å². The third-order valence-corrected chi connectivity index (χ3v) is 6.94. The molecule has 12 heteroatoms. The number of carbonyl (C=O) groups is 1. The van der Waals surface area contributed by atoms with Crippen LogP contribution in [0.15, 0.2) is 29.2 Å². The molecule has 204 valence electrons. The van der Waals surface area contributed by atoms with Crippen molar-refractivity contribution < 1.29 is 28.2 Å². The molecule has 4 rings (SSSR count). The summed E-state index contributed by atoms with van der Waals surface area (Å²) in [5, 5.41) is 19.7. The monoisotopic (exact) mass is 548 g/mol. The van der Waals surface area contributed by atoms with E-state index in [4.69, 9.17) is 9.47 Å². The molecule has 9 nitrogen and oxygen atoms in total. The molecule has 0 saturated heterocycles. The third-order valence-electron chi connectivity index (χ3n) is 5.99. The molecule has 0 saturated carbocycles. The first-order valence-electron chi connectivity index (χ1n) is 12.1. The number of carbonyl (C=O) groups excluding carboxylic acids is 1. The predicted octanol–water partition coefficient (Wildman–Crippen LogP) is 3.65. The molecule has 0 aliphatic carbocycles. The quantitative estimate of drug-likeness (QED) is 0.407. The van der Waals surface area contributed by atoms with E-state index in [1.54, 1.807) is 16.6 Å². The standard InChI is InChI=1S/C26H30F2N4O5S/c1-26(2,3)14-31-11-17(13-37-8-7-36-4)32-12-18(22(33)23(34)21(32)25(31)35)24-30-29-20(38-24)9-15-5-6-16(27)10-19(15)28/h5-6,10,12,17,34H,7-9,11,13-14H2,1-4H3/t17-/m1/s1. The van der Waals surface area contributed by atoms with Crippen molar-refractivity contribution >= 4 is 17.2 Å². The lowest BCUT2D eigenvalue weighted by Gasteiger charge is -2.39. The average Bonchev–Trinajstić information content (AvgIpc) is 3.30. The molecule has 1 aliphatic heterocycles. The van der Waals surface area contributed by atoms with Crippen molar-refractivity contribution in [1.29, 1.82) is 0 Å². The molecule has 1 aliphatic rings. The van der Waals surface area contributed by atoms with Gasteiger partial charge in [-0.25, -0.2) is 8.78 Å². The number of pyridine rings is 1. The number of amides is 1. The molecule has 38 heavy (non-hydrogen) atoms. The molecule has 0 spiro atoms. The Labute approximate surface area is 222 Å². The first-order chi connectivity index (χ1) is 18.0. The highest BCUT2D eigenvalue weighted by atomic mass is 32.1. The van der Waals surface area contributed by atoms with Crippen LogP contribution >= 0.6 is 11.3 Å². The first kappa shape index (κ1) is 27.8. The van der Waals surface area contributed by atoms with E-state index in [0.717, 1.165) is 23.5 Å². The summed E-state index contributed by atoms with van der Waals surface area (Å²) in [6, 6.07) is 2.89. The molecule has 3 aromatic rings. The van der Waals surface area contributed by atoms with Gasteiger partial charge in [0.25, 0.3) is 5.91 Å². The summed E-state index contributed by atoms with van der Waals surface area (Å²) in [5.74, 6) is -2.51. The Hall–Kier alpha value is -3.22. The summed E-state index contributed by atoms with van der Waals surface area (Å²) >= 11 is 1.05. The smallest absolute Gasteiger partial charge is 0.274 e. The van der Waals surface area contributed by atoms with E-state index in [1.807, 2.05) is 20.8 Å². The summed E-state index contributed by atoms with van der Waals surface area (Å²) in [4.78, 5) is 28.2. The number of hydrogen-bond donors (Lipinski definition) is 1. The van der Waals surface area contributed by atoms with Gasteiger partial charge in [-0.3, -0.25) is 9.59 Å². The van der Waals surface area contributed by atoms with Crippen LogP contribution in [0, 0.1) is 17.0 Å². The van der Waals surface area contributed by atoms with Crippen molar-refractivity contribution in [2.75, 3.05) is 40.0 Å². The number of fused-ring (bicyclic) bond motifs is 1. The largest absolute Gasteiger partial charge is 0.503 e. The first-order valence-corrected chi connectivity index (χ1v) is 12.9. The summed E-state index contributed by atoms with van der Waals surface area (Å²) < 4.78 is 39.7. The minimum absolute atomic E-state index is 0.0538. The maximum Gasteiger partial charge on any atom is 0.274 e. The minimum Gasteiger partial charge on any atom is -0.503 e. The molecule has 2 aromatic heterocycles. The van der Waals surface area contributed by atoms with Crippen LogP contribution in [-0.4, -0.2) is 70.7 Å². The molecular weight excluding hydrogens is 518 g/mol. The zero-order valence-electron chi connectivity index (χ0n) is 21.7. The van der Waals surface area contributed by atoms with E-state index < -0.39 is 28.7 Å². The number of ether oxygens (including phenoxy) is 2. The van der Waals surface area contributed by atoms with Gasteiger partial charge in [0, 0.05) is 38.9 Å². The van der Waals surface area contributed by atoms with Crippen LogP contribution in [0.25, 0.3) is 10.6 Å². The van der Waals surface area contributed by atoms with Crippen molar-refractivity contribution in [1.82, 2.24) is 19.7 Å². The second-order valence-corrected chi connectivity index (χ2v) is 11.4. The number of methoxy groups -OCH3 is 1. The van der Waals surface area contributed by atoms with Crippen LogP contribution in [0.5, 0.6) is 5.75 Å². The summed E-state index contributed by atoms with van der Waals surface area (Å²) in [7, 11) is 1.57. The highest BCUT2D eigenvalue weighted by molar-refractivity contribution is 7.14. The van der Waals surface area contributed by atoms with Crippen LogP contribution < -0.4 is 5.43 Å². The molecular formula is C26H30F2N4O5S. The van der Waals surface area contributed by atoms with Gasteiger partial charge in [0.15, 0.2) is 16.5 Å². The maximum absolute atomic E-state index is 14.1. The van der Waals surface area contributed by atoms with Crippen LogP contribution in [0.2, 0.25) is 0 Å². The van der Waals surface area contributed by atoms with Crippen LogP contribution in [0.3, 0.4) is 0 Å². The molecule has 0 radical (unpaired) electrons. The van der Waals surface area contributed by atoms with Gasteiger partial charge in [0.1, 0.15) is 16.6 Å². The fraction of sp³-hybridized carbons (Fsp3) is 0.462. The van der Waals surface area contributed by atoms with Crippen molar-refractivity contribution in [3.05, 3.63) is 62.5 Å². The van der Waals surface area contributed by atoms with Gasteiger partial charge in [0.05, 0.1) is 31.4 Å². The Balaban J connectivity index is 1.70. The Kier molecular flexibility index (Phi) is 8.24. The molecule has 0 unspecified atom stereocenters. The second kappa shape index (κ2) is 11.3. The fourth-order valence-corrected chi connectivity index (χ4v) is 5.18. The minimum atomic E-state index is -0.753. The molecule has 1 atom stereocenters. The lowest BCUT2D eigenvalue weighted by atomic mass is 9.94. The average molecular weight is 549 g/mol. The molecule has 1 aromatic carbocycles. The summed E-state index contributed by atoms with van der Waals surface area (Å²) in [6.45, 7) is 7.71. The Morgan fingerprint density at radius 2 is 1.95 bits per heavy atom. The molecule has 1 amide bonds. The van der Waals surface area contributed by atoms with Crippen molar-refractivity contribution in [3.63, 3.8) is 0 Å². The Bertz CT molecular complexity index is 1380. The van der Waals surface area contributed by atoms with Crippen LogP contribution in [0.4, 0.5) is 8.78 Å². The van der Waals surface area contributed by atoms with Crippen LogP contribution in [0.1, 0.15) is 47.9 Å². The van der Waals surface area contributed by atoms with E-state index >= 15 is 0 Å². The third kappa shape index (κ3) is 6.08. The normalized spacial score (nSPS) is 15.7. The van der Waals surface area contributed by atoms with E-state index in [2.05, 4.69) is 10.2 Å². The van der Waals surface area contributed by atoms with Gasteiger partial charge < -0.3 is 24.0 Å². The Morgan fingerprint density at radius 3 is 2.63 bits per heavy atom.